The minimum Gasteiger partial charge on any atom is -0.394 e. The van der Waals surface area contributed by atoms with Gasteiger partial charge in [-0.25, -0.2) is 0 Å². The molecule has 1 atom stereocenters. The Hall–Kier alpha value is -1.23. The molecule has 4 nitrogen and oxygen atoms in total. The third kappa shape index (κ3) is 3.73. The smallest absolute Gasteiger partial charge is 0.190 e. The zero-order valence-electron chi connectivity index (χ0n) is 9.22. The number of carbonyl (C=O) groups excluding carboxylic acids is 1. The van der Waals surface area contributed by atoms with E-state index in [4.69, 9.17) is 14.9 Å². The molecule has 0 saturated heterocycles. The molecule has 88 valence electrons. The molecule has 1 aromatic carbocycles. The summed E-state index contributed by atoms with van der Waals surface area (Å²) in [6.07, 6.45) is -0.975. The molecule has 2 N–H and O–H groups in total. The number of aliphatic hydroxyl groups excluding tert-OH is 2. The third-order valence-corrected chi connectivity index (χ3v) is 2.12. The van der Waals surface area contributed by atoms with E-state index in [1.54, 1.807) is 24.3 Å². The van der Waals surface area contributed by atoms with Crippen LogP contribution in [0.15, 0.2) is 24.3 Å². The number of carbonyl (C=O) groups is 1. The van der Waals surface area contributed by atoms with Crippen LogP contribution in [0.4, 0.5) is 0 Å². The number of ether oxygens (including phenoxy) is 1. The van der Waals surface area contributed by atoms with Crippen LogP contribution in [-0.4, -0.2) is 35.3 Å². The summed E-state index contributed by atoms with van der Waals surface area (Å²) in [5.41, 5.74) is 1.41. The summed E-state index contributed by atoms with van der Waals surface area (Å²) in [4.78, 5) is 11.4. The molecule has 1 unspecified atom stereocenters. The average molecular weight is 224 g/mol. The van der Waals surface area contributed by atoms with Gasteiger partial charge in [-0.05, 0) is 12.5 Å². The van der Waals surface area contributed by atoms with Crippen molar-refractivity contribution < 1.29 is 19.7 Å². The standard InChI is InChI=1S/C12H16O4/c1-9(14)12(15)11-4-2-10(3-5-11)8-16-7-6-13/h2-5,9,13-14H,6-8H2,1H3. The lowest BCUT2D eigenvalue weighted by atomic mass is 10.1. The van der Waals surface area contributed by atoms with Crippen LogP contribution in [0.5, 0.6) is 0 Å². The molecule has 4 heteroatoms. The van der Waals surface area contributed by atoms with Gasteiger partial charge in [0.15, 0.2) is 5.78 Å². The number of Topliss-reactive ketones (excluding diaryl/α,β-unsaturated/α-hetero) is 1. The normalized spacial score (nSPS) is 12.4. The topological polar surface area (TPSA) is 66.8 Å². The fraction of sp³-hybridized carbons (Fsp3) is 0.417. The van der Waals surface area contributed by atoms with Crippen molar-refractivity contribution in [2.24, 2.45) is 0 Å². The Morgan fingerprint density at radius 2 is 2.00 bits per heavy atom. The second-order valence-corrected chi connectivity index (χ2v) is 3.51. The van der Waals surface area contributed by atoms with Gasteiger partial charge in [0.05, 0.1) is 19.8 Å². The van der Waals surface area contributed by atoms with Crippen molar-refractivity contribution in [1.29, 1.82) is 0 Å². The number of ketones is 1. The molecule has 0 aliphatic carbocycles. The first kappa shape index (κ1) is 12.8. The quantitative estimate of drug-likeness (QED) is 0.553. The lowest BCUT2D eigenvalue weighted by Gasteiger charge is -2.05. The highest BCUT2D eigenvalue weighted by Gasteiger charge is 2.11. The summed E-state index contributed by atoms with van der Waals surface area (Å²) in [5.74, 6) is -0.289. The van der Waals surface area contributed by atoms with E-state index in [0.29, 0.717) is 18.8 Å². The molecule has 0 spiro atoms. The van der Waals surface area contributed by atoms with Crippen LogP contribution in [0.2, 0.25) is 0 Å². The summed E-state index contributed by atoms with van der Waals surface area (Å²) < 4.78 is 5.13. The van der Waals surface area contributed by atoms with Gasteiger partial charge in [-0.3, -0.25) is 4.79 Å². The maximum atomic E-state index is 11.4. The largest absolute Gasteiger partial charge is 0.394 e. The Morgan fingerprint density at radius 1 is 1.38 bits per heavy atom. The molecule has 0 radical (unpaired) electrons. The zero-order chi connectivity index (χ0) is 12.0. The van der Waals surface area contributed by atoms with E-state index in [2.05, 4.69) is 0 Å². The molecule has 0 heterocycles. The second kappa shape index (κ2) is 6.37. The molecule has 0 aliphatic heterocycles. The average Bonchev–Trinajstić information content (AvgIpc) is 2.29. The lowest BCUT2D eigenvalue weighted by molar-refractivity contribution is 0.0778. The molecular weight excluding hydrogens is 208 g/mol. The summed E-state index contributed by atoms with van der Waals surface area (Å²) in [6, 6.07) is 6.86. The van der Waals surface area contributed by atoms with Gasteiger partial charge >= 0.3 is 0 Å². The number of hydrogen-bond donors (Lipinski definition) is 2. The monoisotopic (exact) mass is 224 g/mol. The highest BCUT2D eigenvalue weighted by molar-refractivity contribution is 5.99. The van der Waals surface area contributed by atoms with Gasteiger partial charge in [0, 0.05) is 5.56 Å². The van der Waals surface area contributed by atoms with E-state index in [1.807, 2.05) is 0 Å². The Kier molecular flexibility index (Phi) is 5.11. The van der Waals surface area contributed by atoms with Crippen molar-refractivity contribution in [2.75, 3.05) is 13.2 Å². The Labute approximate surface area is 94.5 Å². The van der Waals surface area contributed by atoms with Gasteiger partial charge in [0.2, 0.25) is 0 Å². The van der Waals surface area contributed by atoms with Crippen molar-refractivity contribution in [1.82, 2.24) is 0 Å². The maximum Gasteiger partial charge on any atom is 0.190 e. The van der Waals surface area contributed by atoms with Crippen LogP contribution in [0.1, 0.15) is 22.8 Å². The van der Waals surface area contributed by atoms with E-state index in [9.17, 15) is 4.79 Å². The minimum absolute atomic E-state index is 0.00139. The van der Waals surface area contributed by atoms with E-state index in [1.165, 1.54) is 6.92 Å². The van der Waals surface area contributed by atoms with E-state index >= 15 is 0 Å². The Morgan fingerprint density at radius 3 is 2.50 bits per heavy atom. The van der Waals surface area contributed by atoms with Gasteiger partial charge in [-0.15, -0.1) is 0 Å². The van der Waals surface area contributed by atoms with Crippen LogP contribution in [0.3, 0.4) is 0 Å². The van der Waals surface area contributed by atoms with Gasteiger partial charge in [-0.2, -0.15) is 0 Å². The fourth-order valence-electron chi connectivity index (χ4n) is 1.26. The van der Waals surface area contributed by atoms with E-state index in [-0.39, 0.29) is 12.4 Å². The van der Waals surface area contributed by atoms with E-state index < -0.39 is 6.10 Å². The summed E-state index contributed by atoms with van der Waals surface area (Å²) in [7, 11) is 0. The van der Waals surface area contributed by atoms with Crippen LogP contribution in [0, 0.1) is 0 Å². The number of benzene rings is 1. The minimum atomic E-state index is -0.975. The van der Waals surface area contributed by atoms with Crippen molar-refractivity contribution in [2.45, 2.75) is 19.6 Å². The molecular formula is C12H16O4. The predicted molar refractivity (Wildman–Crippen MR) is 59.2 cm³/mol. The molecule has 1 rings (SSSR count). The highest BCUT2D eigenvalue weighted by atomic mass is 16.5. The maximum absolute atomic E-state index is 11.4. The molecule has 16 heavy (non-hydrogen) atoms. The van der Waals surface area contributed by atoms with Gasteiger partial charge in [0.25, 0.3) is 0 Å². The predicted octanol–water partition coefficient (Wildman–Crippen LogP) is 0.759. The van der Waals surface area contributed by atoms with Crippen molar-refractivity contribution in [3.05, 3.63) is 35.4 Å². The molecule has 0 bridgehead atoms. The number of rotatable bonds is 6. The molecule has 0 aliphatic rings. The molecule has 0 fully saturated rings. The first-order chi connectivity index (χ1) is 7.65. The van der Waals surface area contributed by atoms with Gasteiger partial charge < -0.3 is 14.9 Å². The Balaban J connectivity index is 2.57. The highest BCUT2D eigenvalue weighted by Crippen LogP contribution is 2.08. The summed E-state index contributed by atoms with van der Waals surface area (Å²) in [6.45, 7) is 2.15. The number of hydrogen-bond acceptors (Lipinski definition) is 4. The molecule has 1 aromatic rings. The van der Waals surface area contributed by atoms with Crippen LogP contribution in [-0.2, 0) is 11.3 Å². The van der Waals surface area contributed by atoms with Crippen LogP contribution < -0.4 is 0 Å². The number of aliphatic hydroxyl groups is 2. The summed E-state index contributed by atoms with van der Waals surface area (Å²) in [5, 5.41) is 17.6. The Bertz CT molecular complexity index is 329. The molecule has 0 amide bonds. The van der Waals surface area contributed by atoms with Crippen LogP contribution >= 0.6 is 0 Å². The summed E-state index contributed by atoms with van der Waals surface area (Å²) >= 11 is 0. The second-order valence-electron chi connectivity index (χ2n) is 3.51. The molecule has 0 saturated carbocycles. The van der Waals surface area contributed by atoms with Crippen molar-refractivity contribution in [3.63, 3.8) is 0 Å². The fourth-order valence-corrected chi connectivity index (χ4v) is 1.26. The SMILES string of the molecule is CC(O)C(=O)c1ccc(COCCO)cc1. The first-order valence-corrected chi connectivity index (χ1v) is 5.15. The van der Waals surface area contributed by atoms with Gasteiger partial charge in [-0.1, -0.05) is 24.3 Å². The third-order valence-electron chi connectivity index (χ3n) is 2.12. The zero-order valence-corrected chi connectivity index (χ0v) is 9.22. The van der Waals surface area contributed by atoms with Crippen LogP contribution in [0.25, 0.3) is 0 Å². The lowest BCUT2D eigenvalue weighted by Crippen LogP contribution is -2.15. The van der Waals surface area contributed by atoms with Crippen molar-refractivity contribution >= 4 is 5.78 Å². The first-order valence-electron chi connectivity index (χ1n) is 5.15. The van der Waals surface area contributed by atoms with Gasteiger partial charge in [0.1, 0.15) is 6.10 Å². The van der Waals surface area contributed by atoms with Crippen molar-refractivity contribution in [3.8, 4) is 0 Å². The molecule has 0 aromatic heterocycles. The van der Waals surface area contributed by atoms with E-state index in [0.717, 1.165) is 5.56 Å².